The second kappa shape index (κ2) is 5.51. The molecular formula is C13H15N3O3. The van der Waals surface area contributed by atoms with E-state index in [1.807, 2.05) is 6.92 Å². The Morgan fingerprint density at radius 1 is 1.42 bits per heavy atom. The topological polar surface area (TPSA) is 74.9 Å². The molecule has 100 valence electrons. The Hall–Kier alpha value is -2.37. The molecule has 2 heterocycles. The van der Waals surface area contributed by atoms with E-state index < -0.39 is 5.97 Å². The van der Waals surface area contributed by atoms with Crippen LogP contribution in [0.5, 0.6) is 0 Å². The fraction of sp³-hybridized carbons (Fsp3) is 0.308. The lowest BCUT2D eigenvalue weighted by Crippen LogP contribution is -2.36. The summed E-state index contributed by atoms with van der Waals surface area (Å²) in [5.74, 6) is -1.29. The van der Waals surface area contributed by atoms with Crippen molar-refractivity contribution in [1.82, 2.24) is 14.3 Å². The monoisotopic (exact) mass is 261 g/mol. The number of imidazole rings is 1. The van der Waals surface area contributed by atoms with E-state index in [4.69, 9.17) is 5.11 Å². The second-order valence-electron chi connectivity index (χ2n) is 4.26. The number of rotatable bonds is 5. The van der Waals surface area contributed by atoms with Crippen molar-refractivity contribution < 1.29 is 14.7 Å². The van der Waals surface area contributed by atoms with Gasteiger partial charge in [-0.1, -0.05) is 6.92 Å². The Morgan fingerprint density at radius 3 is 2.89 bits per heavy atom. The largest absolute Gasteiger partial charge is 0.480 e. The van der Waals surface area contributed by atoms with Crippen LogP contribution in [0.1, 0.15) is 23.7 Å². The minimum atomic E-state index is -1.01. The number of carboxylic acid groups (broad SMARTS) is 1. The van der Waals surface area contributed by atoms with Crippen LogP contribution in [-0.4, -0.2) is 44.4 Å². The molecule has 1 N–H and O–H groups in total. The Labute approximate surface area is 110 Å². The zero-order valence-corrected chi connectivity index (χ0v) is 10.6. The number of carbonyl (C=O) groups is 2. The van der Waals surface area contributed by atoms with Gasteiger partial charge in [0.2, 0.25) is 0 Å². The van der Waals surface area contributed by atoms with Crippen LogP contribution in [-0.2, 0) is 4.79 Å². The number of carboxylic acids is 1. The standard InChI is InChI=1S/C13H15N3O3/c1-2-5-15(8-12(17)18)13(19)10-3-4-11-6-14-9-16(11)7-10/h3-4,6-7,9H,2,5,8H2,1H3,(H,17,18). The molecular weight excluding hydrogens is 246 g/mol. The van der Waals surface area contributed by atoms with Gasteiger partial charge in [0, 0.05) is 12.7 Å². The molecule has 2 aromatic rings. The summed E-state index contributed by atoms with van der Waals surface area (Å²) >= 11 is 0. The van der Waals surface area contributed by atoms with E-state index in [-0.39, 0.29) is 12.5 Å². The molecule has 0 saturated heterocycles. The van der Waals surface area contributed by atoms with E-state index in [9.17, 15) is 9.59 Å². The molecule has 0 spiro atoms. The van der Waals surface area contributed by atoms with Crippen molar-refractivity contribution >= 4 is 17.4 Å². The average Bonchev–Trinajstić information content (AvgIpc) is 2.84. The van der Waals surface area contributed by atoms with Crippen molar-refractivity contribution in [2.45, 2.75) is 13.3 Å². The predicted octanol–water partition coefficient (Wildman–Crippen LogP) is 1.27. The van der Waals surface area contributed by atoms with Crippen LogP contribution in [0.2, 0.25) is 0 Å². The maximum Gasteiger partial charge on any atom is 0.323 e. The fourth-order valence-corrected chi connectivity index (χ4v) is 1.91. The number of fused-ring (bicyclic) bond motifs is 1. The van der Waals surface area contributed by atoms with E-state index in [0.29, 0.717) is 18.5 Å². The van der Waals surface area contributed by atoms with Crippen LogP contribution in [0.3, 0.4) is 0 Å². The van der Waals surface area contributed by atoms with Gasteiger partial charge in [-0.25, -0.2) is 4.98 Å². The highest BCUT2D eigenvalue weighted by Crippen LogP contribution is 2.09. The number of aliphatic carboxylic acids is 1. The molecule has 2 aromatic heterocycles. The highest BCUT2D eigenvalue weighted by molar-refractivity contribution is 5.95. The molecule has 6 nitrogen and oxygen atoms in total. The summed E-state index contributed by atoms with van der Waals surface area (Å²) in [7, 11) is 0. The number of hydrogen-bond acceptors (Lipinski definition) is 3. The quantitative estimate of drug-likeness (QED) is 0.879. The summed E-state index contributed by atoms with van der Waals surface area (Å²) in [6.45, 7) is 2.04. The molecule has 0 unspecified atom stereocenters. The third-order valence-electron chi connectivity index (χ3n) is 2.76. The molecule has 0 aliphatic carbocycles. The van der Waals surface area contributed by atoms with Crippen molar-refractivity contribution in [2.75, 3.05) is 13.1 Å². The van der Waals surface area contributed by atoms with Gasteiger partial charge in [-0.15, -0.1) is 0 Å². The SMILES string of the molecule is CCCN(CC(=O)O)C(=O)c1ccc2cncn2c1. The smallest absolute Gasteiger partial charge is 0.323 e. The lowest BCUT2D eigenvalue weighted by atomic mass is 10.2. The first-order chi connectivity index (χ1) is 9.11. The third kappa shape index (κ3) is 2.90. The molecule has 0 radical (unpaired) electrons. The van der Waals surface area contributed by atoms with E-state index in [0.717, 1.165) is 5.52 Å². The summed E-state index contributed by atoms with van der Waals surface area (Å²) in [6, 6.07) is 3.47. The van der Waals surface area contributed by atoms with Gasteiger partial charge in [0.25, 0.3) is 5.91 Å². The fourth-order valence-electron chi connectivity index (χ4n) is 1.91. The third-order valence-corrected chi connectivity index (χ3v) is 2.76. The predicted molar refractivity (Wildman–Crippen MR) is 69.0 cm³/mol. The maximum atomic E-state index is 12.3. The van der Waals surface area contributed by atoms with Crippen LogP contribution in [0, 0.1) is 0 Å². The lowest BCUT2D eigenvalue weighted by molar-refractivity contribution is -0.137. The maximum absolute atomic E-state index is 12.3. The molecule has 6 heteroatoms. The van der Waals surface area contributed by atoms with Crippen LogP contribution in [0.4, 0.5) is 0 Å². The van der Waals surface area contributed by atoms with Gasteiger partial charge in [-0.05, 0) is 18.6 Å². The molecule has 2 rings (SSSR count). The highest BCUT2D eigenvalue weighted by atomic mass is 16.4. The lowest BCUT2D eigenvalue weighted by Gasteiger charge is -2.19. The summed E-state index contributed by atoms with van der Waals surface area (Å²) in [4.78, 5) is 28.4. The number of aromatic nitrogens is 2. The van der Waals surface area contributed by atoms with E-state index >= 15 is 0 Å². The normalized spacial score (nSPS) is 10.6. The average molecular weight is 261 g/mol. The molecule has 0 aliphatic rings. The van der Waals surface area contributed by atoms with E-state index in [1.54, 1.807) is 35.3 Å². The van der Waals surface area contributed by atoms with Crippen molar-refractivity contribution in [3.63, 3.8) is 0 Å². The zero-order chi connectivity index (χ0) is 13.8. The first-order valence-corrected chi connectivity index (χ1v) is 6.04. The number of carbonyl (C=O) groups excluding carboxylic acids is 1. The summed E-state index contributed by atoms with van der Waals surface area (Å²) < 4.78 is 1.73. The molecule has 0 atom stereocenters. The van der Waals surface area contributed by atoms with Crippen molar-refractivity contribution in [3.8, 4) is 0 Å². The van der Waals surface area contributed by atoms with Gasteiger partial charge in [0.15, 0.2) is 0 Å². The van der Waals surface area contributed by atoms with Gasteiger partial charge in [-0.2, -0.15) is 0 Å². The Bertz CT molecular complexity index is 606. The van der Waals surface area contributed by atoms with E-state index in [1.165, 1.54) is 4.90 Å². The number of pyridine rings is 1. The molecule has 0 saturated carbocycles. The zero-order valence-electron chi connectivity index (χ0n) is 10.6. The van der Waals surface area contributed by atoms with Gasteiger partial charge in [0.05, 0.1) is 23.6 Å². The Morgan fingerprint density at radius 2 is 2.21 bits per heavy atom. The van der Waals surface area contributed by atoms with E-state index in [2.05, 4.69) is 4.98 Å². The molecule has 19 heavy (non-hydrogen) atoms. The van der Waals surface area contributed by atoms with Gasteiger partial charge < -0.3 is 14.4 Å². The summed E-state index contributed by atoms with van der Waals surface area (Å²) in [5, 5.41) is 8.84. The summed E-state index contributed by atoms with van der Waals surface area (Å²) in [5.41, 5.74) is 1.34. The molecule has 0 bridgehead atoms. The summed E-state index contributed by atoms with van der Waals surface area (Å²) in [6.07, 6.45) is 5.67. The highest BCUT2D eigenvalue weighted by Gasteiger charge is 2.18. The van der Waals surface area contributed by atoms with Crippen LogP contribution >= 0.6 is 0 Å². The van der Waals surface area contributed by atoms with Crippen LogP contribution < -0.4 is 0 Å². The van der Waals surface area contributed by atoms with Crippen LogP contribution in [0.15, 0.2) is 30.9 Å². The van der Waals surface area contributed by atoms with Crippen molar-refractivity contribution in [3.05, 3.63) is 36.4 Å². The molecule has 0 fully saturated rings. The first-order valence-electron chi connectivity index (χ1n) is 6.04. The Kier molecular flexibility index (Phi) is 3.79. The van der Waals surface area contributed by atoms with Gasteiger partial charge in [-0.3, -0.25) is 9.59 Å². The van der Waals surface area contributed by atoms with Crippen LogP contribution in [0.25, 0.3) is 5.52 Å². The number of nitrogens with zero attached hydrogens (tertiary/aromatic N) is 3. The molecule has 0 aromatic carbocycles. The minimum absolute atomic E-state index is 0.278. The number of amides is 1. The second-order valence-corrected chi connectivity index (χ2v) is 4.26. The minimum Gasteiger partial charge on any atom is -0.480 e. The van der Waals surface area contributed by atoms with Crippen molar-refractivity contribution in [1.29, 1.82) is 0 Å². The Balaban J connectivity index is 2.26. The molecule has 1 amide bonds. The first kappa shape index (κ1) is 13.1. The van der Waals surface area contributed by atoms with Gasteiger partial charge in [0.1, 0.15) is 6.54 Å². The molecule has 0 aliphatic heterocycles. The number of hydrogen-bond donors (Lipinski definition) is 1. The van der Waals surface area contributed by atoms with Gasteiger partial charge >= 0.3 is 5.97 Å². The van der Waals surface area contributed by atoms with Crippen molar-refractivity contribution in [2.24, 2.45) is 0 Å².